The standard InChI is InChI=1S/C19H24F3N3O6S/c20-13-9-14(21)16(15(22)10-13)12-1-5-25(6-2-12)32(30,31)11-19(17(26)23-29)3-7-24(8-4-19)18(27)28/h9-10,12,29H,1-8,11H2,(H,23,26)(H,27,28). The van der Waals surface area contributed by atoms with Crippen LogP contribution in [0.4, 0.5) is 18.0 Å². The molecule has 2 fully saturated rings. The molecule has 0 radical (unpaired) electrons. The Kier molecular flexibility index (Phi) is 7.00. The van der Waals surface area contributed by atoms with Crippen LogP contribution in [0.5, 0.6) is 0 Å². The van der Waals surface area contributed by atoms with Crippen LogP contribution in [-0.2, 0) is 14.8 Å². The number of hydrogen-bond acceptors (Lipinski definition) is 5. The van der Waals surface area contributed by atoms with Gasteiger partial charge in [-0.15, -0.1) is 0 Å². The lowest BCUT2D eigenvalue weighted by molar-refractivity contribution is -0.141. The van der Waals surface area contributed by atoms with Gasteiger partial charge >= 0.3 is 6.09 Å². The molecule has 0 bridgehead atoms. The molecule has 0 saturated carbocycles. The largest absolute Gasteiger partial charge is 0.465 e. The van der Waals surface area contributed by atoms with Crippen LogP contribution in [0.25, 0.3) is 0 Å². The normalized spacial score (nSPS) is 20.2. The fourth-order valence-corrected chi connectivity index (χ4v) is 6.56. The Bertz CT molecular complexity index is 967. The molecule has 3 rings (SSSR count). The second kappa shape index (κ2) is 9.24. The summed E-state index contributed by atoms with van der Waals surface area (Å²) < 4.78 is 68.5. The lowest BCUT2D eigenvalue weighted by atomic mass is 9.79. The van der Waals surface area contributed by atoms with E-state index in [2.05, 4.69) is 0 Å². The van der Waals surface area contributed by atoms with Crippen LogP contribution >= 0.6 is 0 Å². The van der Waals surface area contributed by atoms with Gasteiger partial charge in [0.25, 0.3) is 5.91 Å². The van der Waals surface area contributed by atoms with Gasteiger partial charge in [-0.3, -0.25) is 10.0 Å². The van der Waals surface area contributed by atoms with Gasteiger partial charge in [0.05, 0.1) is 11.2 Å². The van der Waals surface area contributed by atoms with Gasteiger partial charge in [-0.25, -0.2) is 36.2 Å². The third kappa shape index (κ3) is 4.84. The van der Waals surface area contributed by atoms with E-state index >= 15 is 0 Å². The lowest BCUT2D eigenvalue weighted by Crippen LogP contribution is -2.54. The highest BCUT2D eigenvalue weighted by atomic mass is 32.2. The molecule has 2 aliphatic rings. The van der Waals surface area contributed by atoms with Crippen molar-refractivity contribution < 1.29 is 41.5 Å². The summed E-state index contributed by atoms with van der Waals surface area (Å²) in [6.45, 7) is -0.240. The second-order valence-corrected chi connectivity index (χ2v) is 10.2. The number of carbonyl (C=O) groups excluding carboxylic acids is 1. The topological polar surface area (TPSA) is 127 Å². The van der Waals surface area contributed by atoms with Crippen LogP contribution in [0.2, 0.25) is 0 Å². The number of rotatable bonds is 5. The third-order valence-electron chi connectivity index (χ3n) is 6.33. The van der Waals surface area contributed by atoms with Crippen molar-refractivity contribution in [2.45, 2.75) is 31.6 Å². The number of carbonyl (C=O) groups is 2. The SMILES string of the molecule is O=C(O)N1CCC(CS(=O)(=O)N2CCC(c3c(F)cc(F)cc3F)CC2)(C(=O)NO)CC1. The summed E-state index contributed by atoms with van der Waals surface area (Å²) in [6.07, 6.45) is -1.16. The quantitative estimate of drug-likeness (QED) is 0.437. The van der Waals surface area contributed by atoms with Crippen LogP contribution in [-0.4, -0.2) is 71.9 Å². The highest BCUT2D eigenvalue weighted by molar-refractivity contribution is 7.89. The van der Waals surface area contributed by atoms with Crippen molar-refractivity contribution in [1.29, 1.82) is 0 Å². The van der Waals surface area contributed by atoms with Gasteiger partial charge in [0.2, 0.25) is 10.0 Å². The molecule has 0 aliphatic carbocycles. The zero-order valence-corrected chi connectivity index (χ0v) is 17.9. The number of benzene rings is 1. The third-order valence-corrected chi connectivity index (χ3v) is 8.40. The number of hydroxylamine groups is 1. The Morgan fingerprint density at radius 2 is 1.59 bits per heavy atom. The maximum Gasteiger partial charge on any atom is 0.407 e. The number of carboxylic acid groups (broad SMARTS) is 1. The Morgan fingerprint density at radius 3 is 2.06 bits per heavy atom. The Balaban J connectivity index is 1.72. The lowest BCUT2D eigenvalue weighted by Gasteiger charge is -2.40. The zero-order valence-electron chi connectivity index (χ0n) is 17.1. The number of likely N-dealkylation sites (tertiary alicyclic amines) is 1. The number of amides is 2. The van der Waals surface area contributed by atoms with Crippen LogP contribution in [0, 0.1) is 22.9 Å². The Labute approximate surface area is 182 Å². The number of hydrogen-bond donors (Lipinski definition) is 3. The maximum absolute atomic E-state index is 14.1. The molecule has 1 aromatic carbocycles. The molecule has 2 aliphatic heterocycles. The molecule has 0 unspecified atom stereocenters. The number of nitrogens with zero attached hydrogens (tertiary/aromatic N) is 2. The van der Waals surface area contributed by atoms with E-state index in [0.29, 0.717) is 12.1 Å². The minimum Gasteiger partial charge on any atom is -0.465 e. The predicted molar refractivity (Wildman–Crippen MR) is 105 cm³/mol. The highest BCUT2D eigenvalue weighted by Crippen LogP contribution is 2.37. The van der Waals surface area contributed by atoms with Gasteiger partial charge in [-0.2, -0.15) is 0 Å². The molecule has 0 aromatic heterocycles. The first-order valence-electron chi connectivity index (χ1n) is 10.0. The molecule has 2 heterocycles. The van der Waals surface area contributed by atoms with E-state index in [1.165, 1.54) is 5.48 Å². The first-order chi connectivity index (χ1) is 15.0. The molecular weight excluding hydrogens is 455 g/mol. The first-order valence-corrected chi connectivity index (χ1v) is 11.6. The molecule has 0 atom stereocenters. The van der Waals surface area contributed by atoms with Crippen molar-refractivity contribution in [1.82, 2.24) is 14.7 Å². The van der Waals surface area contributed by atoms with Crippen molar-refractivity contribution in [3.8, 4) is 0 Å². The van der Waals surface area contributed by atoms with Gasteiger partial charge in [-0.05, 0) is 31.6 Å². The highest BCUT2D eigenvalue weighted by Gasteiger charge is 2.47. The monoisotopic (exact) mass is 479 g/mol. The number of nitrogens with one attached hydrogen (secondary N) is 1. The molecule has 178 valence electrons. The summed E-state index contributed by atoms with van der Waals surface area (Å²) in [5.41, 5.74) is -0.297. The van der Waals surface area contributed by atoms with Crippen molar-refractivity contribution >= 4 is 22.0 Å². The van der Waals surface area contributed by atoms with Gasteiger partial charge in [0.15, 0.2) is 0 Å². The van der Waals surface area contributed by atoms with Gasteiger partial charge < -0.3 is 10.0 Å². The molecule has 13 heteroatoms. The van der Waals surface area contributed by atoms with Crippen molar-refractivity contribution in [3.05, 3.63) is 35.1 Å². The van der Waals surface area contributed by atoms with Gasteiger partial charge in [0, 0.05) is 43.9 Å². The minimum absolute atomic E-state index is 0.0542. The van der Waals surface area contributed by atoms with E-state index in [9.17, 15) is 31.2 Å². The number of sulfonamides is 1. The van der Waals surface area contributed by atoms with Crippen LogP contribution < -0.4 is 5.48 Å². The van der Waals surface area contributed by atoms with Gasteiger partial charge in [0.1, 0.15) is 17.5 Å². The van der Waals surface area contributed by atoms with E-state index in [1.54, 1.807) is 0 Å². The predicted octanol–water partition coefficient (Wildman–Crippen LogP) is 1.88. The molecular formula is C19H24F3N3O6S. The molecule has 1 aromatic rings. The molecule has 32 heavy (non-hydrogen) atoms. The first kappa shape index (κ1) is 24.3. The minimum atomic E-state index is -4.02. The Hall–Kier alpha value is -2.38. The number of halogens is 3. The zero-order chi connectivity index (χ0) is 23.7. The summed E-state index contributed by atoms with van der Waals surface area (Å²) in [4.78, 5) is 24.5. The average Bonchev–Trinajstić information content (AvgIpc) is 2.72. The summed E-state index contributed by atoms with van der Waals surface area (Å²) in [7, 11) is -4.02. The Morgan fingerprint density at radius 1 is 1.06 bits per heavy atom. The molecule has 2 saturated heterocycles. The maximum atomic E-state index is 14.1. The smallest absolute Gasteiger partial charge is 0.407 e. The second-order valence-electron chi connectivity index (χ2n) is 8.20. The van der Waals surface area contributed by atoms with Gasteiger partial charge in [-0.1, -0.05) is 0 Å². The van der Waals surface area contributed by atoms with Crippen LogP contribution in [0.3, 0.4) is 0 Å². The fraction of sp³-hybridized carbons (Fsp3) is 0.579. The van der Waals surface area contributed by atoms with E-state index in [4.69, 9.17) is 10.3 Å². The van der Waals surface area contributed by atoms with Crippen molar-refractivity contribution in [2.24, 2.45) is 5.41 Å². The average molecular weight is 479 g/mol. The summed E-state index contributed by atoms with van der Waals surface area (Å²) in [5.74, 6) is -5.25. The van der Waals surface area contributed by atoms with Crippen molar-refractivity contribution in [2.75, 3.05) is 31.9 Å². The molecule has 0 spiro atoms. The summed E-state index contributed by atoms with van der Waals surface area (Å²) >= 11 is 0. The van der Waals surface area contributed by atoms with Crippen LogP contribution in [0.1, 0.15) is 37.2 Å². The summed E-state index contributed by atoms with van der Waals surface area (Å²) in [6, 6.07) is 1.17. The molecule has 2 amide bonds. The van der Waals surface area contributed by atoms with E-state index in [0.717, 1.165) is 9.21 Å². The van der Waals surface area contributed by atoms with E-state index < -0.39 is 56.6 Å². The van der Waals surface area contributed by atoms with Crippen molar-refractivity contribution in [3.63, 3.8) is 0 Å². The van der Waals surface area contributed by atoms with E-state index in [1.807, 2.05) is 0 Å². The molecule has 9 nitrogen and oxygen atoms in total. The van der Waals surface area contributed by atoms with E-state index in [-0.39, 0.29) is 57.4 Å². The number of piperidine rings is 2. The van der Waals surface area contributed by atoms with Crippen LogP contribution in [0.15, 0.2) is 12.1 Å². The molecule has 3 N–H and O–H groups in total. The summed E-state index contributed by atoms with van der Waals surface area (Å²) in [5, 5.41) is 18.2. The fourth-order valence-electron chi connectivity index (χ4n) is 4.49.